The normalized spacial score (nSPS) is 14.2. The summed E-state index contributed by atoms with van der Waals surface area (Å²) in [6.07, 6.45) is 3.30. The lowest BCUT2D eigenvalue weighted by Crippen LogP contribution is -2.33. The van der Waals surface area contributed by atoms with Gasteiger partial charge in [0.1, 0.15) is 5.82 Å². The van der Waals surface area contributed by atoms with Crippen molar-refractivity contribution in [2.45, 2.75) is 33.2 Å². The van der Waals surface area contributed by atoms with Gasteiger partial charge in [-0.15, -0.1) is 0 Å². The Hall–Kier alpha value is -2.43. The van der Waals surface area contributed by atoms with Crippen molar-refractivity contribution in [1.82, 2.24) is 15.0 Å². The largest absolute Gasteiger partial charge is 0.347 e. The number of benzene rings is 1. The summed E-state index contributed by atoms with van der Waals surface area (Å²) in [7, 11) is 5.94. The second-order valence-electron chi connectivity index (χ2n) is 6.76. The van der Waals surface area contributed by atoms with E-state index in [0.717, 1.165) is 12.2 Å². The summed E-state index contributed by atoms with van der Waals surface area (Å²) >= 11 is 0. The van der Waals surface area contributed by atoms with Crippen molar-refractivity contribution >= 4 is 18.0 Å². The number of aromatic nitrogens is 3. The predicted octanol–water partition coefficient (Wildman–Crippen LogP) is 3.02. The Kier molecular flexibility index (Phi) is 4.26. The molecule has 0 aliphatic heterocycles. The molecule has 1 aromatic carbocycles. The Balaban J connectivity index is 1.85. The highest BCUT2D eigenvalue weighted by molar-refractivity contribution is 5.66. The fraction of sp³-hybridized carbons (Fsp3) is 0.421. The summed E-state index contributed by atoms with van der Waals surface area (Å²) in [5.74, 6) is 2.14. The quantitative estimate of drug-likeness (QED) is 0.865. The molecular formula is C19H25N5. The highest BCUT2D eigenvalue weighted by Crippen LogP contribution is 2.30. The molecule has 5 nitrogen and oxygen atoms in total. The molecule has 24 heavy (non-hydrogen) atoms. The average molecular weight is 323 g/mol. The first kappa shape index (κ1) is 16.4. The molecule has 0 saturated carbocycles. The van der Waals surface area contributed by atoms with E-state index < -0.39 is 0 Å². The minimum Gasteiger partial charge on any atom is -0.347 e. The Morgan fingerprint density at radius 1 is 1.00 bits per heavy atom. The van der Waals surface area contributed by atoms with Gasteiger partial charge >= 0.3 is 0 Å². The van der Waals surface area contributed by atoms with E-state index in [1.54, 1.807) is 0 Å². The molecule has 1 atom stereocenters. The number of fused-ring (bicyclic) bond motifs is 1. The summed E-state index contributed by atoms with van der Waals surface area (Å²) in [5, 5.41) is 0. The van der Waals surface area contributed by atoms with Crippen LogP contribution in [0.3, 0.4) is 0 Å². The zero-order chi connectivity index (χ0) is 17.4. The van der Waals surface area contributed by atoms with Crippen LogP contribution in [0.15, 0.2) is 23.8 Å². The van der Waals surface area contributed by atoms with E-state index in [0.29, 0.717) is 11.9 Å². The Morgan fingerprint density at radius 2 is 1.71 bits per heavy atom. The van der Waals surface area contributed by atoms with Gasteiger partial charge in [-0.1, -0.05) is 29.8 Å². The number of rotatable bonds is 4. The number of nitrogens with zero attached hydrogens (tertiary/aromatic N) is 5. The summed E-state index contributed by atoms with van der Waals surface area (Å²) in [4.78, 5) is 17.5. The van der Waals surface area contributed by atoms with E-state index in [-0.39, 0.29) is 6.04 Å². The van der Waals surface area contributed by atoms with Gasteiger partial charge < -0.3 is 9.80 Å². The van der Waals surface area contributed by atoms with Crippen molar-refractivity contribution in [2.24, 2.45) is 0 Å². The zero-order valence-corrected chi connectivity index (χ0v) is 15.3. The van der Waals surface area contributed by atoms with Crippen LogP contribution in [0.1, 0.15) is 29.4 Å². The van der Waals surface area contributed by atoms with Crippen molar-refractivity contribution < 1.29 is 0 Å². The van der Waals surface area contributed by atoms with Crippen LogP contribution in [0, 0.1) is 13.8 Å². The molecule has 3 rings (SSSR count). The molecule has 0 spiro atoms. The third-order valence-corrected chi connectivity index (χ3v) is 4.59. The molecule has 1 aliphatic rings. The maximum Gasteiger partial charge on any atom is 0.230 e. The minimum absolute atomic E-state index is 0.231. The topological polar surface area (TPSA) is 45.2 Å². The standard InChI is InChI=1S/C19H25N5/c1-12-7-8-15-10-16(11-17(15)9-12)13(2)24(6)19-21-14(3)20-18(22-19)23(4)5/h7-10,13H,11H2,1-6H3. The van der Waals surface area contributed by atoms with Crippen molar-refractivity contribution in [3.05, 3.63) is 46.3 Å². The molecule has 0 fully saturated rings. The van der Waals surface area contributed by atoms with Crippen LogP contribution in [0.5, 0.6) is 0 Å². The summed E-state index contributed by atoms with van der Waals surface area (Å²) in [5.41, 5.74) is 5.44. The number of anilines is 2. The van der Waals surface area contributed by atoms with Gasteiger partial charge in [0.2, 0.25) is 11.9 Å². The fourth-order valence-corrected chi connectivity index (χ4v) is 3.00. The smallest absolute Gasteiger partial charge is 0.230 e. The van der Waals surface area contributed by atoms with Crippen LogP contribution in [-0.2, 0) is 6.42 Å². The number of hydrogen-bond donors (Lipinski definition) is 0. The molecule has 5 heteroatoms. The van der Waals surface area contributed by atoms with Crippen molar-refractivity contribution in [2.75, 3.05) is 30.9 Å². The van der Waals surface area contributed by atoms with E-state index in [1.165, 1.54) is 22.3 Å². The molecule has 1 unspecified atom stereocenters. The van der Waals surface area contributed by atoms with Gasteiger partial charge in [-0.25, -0.2) is 0 Å². The number of likely N-dealkylation sites (N-methyl/N-ethyl adjacent to an activating group) is 1. The molecular weight excluding hydrogens is 298 g/mol. The molecule has 1 aliphatic carbocycles. The summed E-state index contributed by atoms with van der Waals surface area (Å²) in [6, 6.07) is 6.89. The van der Waals surface area contributed by atoms with Crippen LogP contribution < -0.4 is 9.80 Å². The Labute approximate surface area is 144 Å². The molecule has 126 valence electrons. The Morgan fingerprint density at radius 3 is 2.42 bits per heavy atom. The highest BCUT2D eigenvalue weighted by atomic mass is 15.3. The van der Waals surface area contributed by atoms with Gasteiger partial charge in [0, 0.05) is 21.1 Å². The molecule has 0 bridgehead atoms. The Bertz CT molecular complexity index is 794. The van der Waals surface area contributed by atoms with Gasteiger partial charge in [0.25, 0.3) is 0 Å². The second kappa shape index (κ2) is 6.23. The van der Waals surface area contributed by atoms with Gasteiger partial charge in [-0.05, 0) is 43.9 Å². The van der Waals surface area contributed by atoms with E-state index in [9.17, 15) is 0 Å². The van der Waals surface area contributed by atoms with E-state index >= 15 is 0 Å². The molecule has 0 radical (unpaired) electrons. The zero-order valence-electron chi connectivity index (χ0n) is 15.3. The van der Waals surface area contributed by atoms with Crippen LogP contribution >= 0.6 is 0 Å². The van der Waals surface area contributed by atoms with Crippen LogP contribution in [0.2, 0.25) is 0 Å². The summed E-state index contributed by atoms with van der Waals surface area (Å²) < 4.78 is 0. The molecule has 1 aromatic heterocycles. The predicted molar refractivity (Wildman–Crippen MR) is 99.6 cm³/mol. The van der Waals surface area contributed by atoms with E-state index in [4.69, 9.17) is 0 Å². The minimum atomic E-state index is 0.231. The van der Waals surface area contributed by atoms with Crippen LogP contribution in [0.25, 0.3) is 6.08 Å². The first-order valence-electron chi connectivity index (χ1n) is 8.28. The highest BCUT2D eigenvalue weighted by Gasteiger charge is 2.23. The first-order valence-corrected chi connectivity index (χ1v) is 8.28. The molecule has 0 amide bonds. The third kappa shape index (κ3) is 3.11. The monoisotopic (exact) mass is 323 g/mol. The van der Waals surface area contributed by atoms with Gasteiger partial charge in [0.15, 0.2) is 0 Å². The van der Waals surface area contributed by atoms with Crippen molar-refractivity contribution in [3.8, 4) is 0 Å². The van der Waals surface area contributed by atoms with Gasteiger partial charge in [-0.2, -0.15) is 15.0 Å². The third-order valence-electron chi connectivity index (χ3n) is 4.59. The SMILES string of the molecule is Cc1ccc2c(c1)CC(C(C)N(C)c1nc(C)nc(N(C)C)n1)=C2. The second-order valence-corrected chi connectivity index (χ2v) is 6.76. The lowest BCUT2D eigenvalue weighted by Gasteiger charge is -2.27. The van der Waals surface area contributed by atoms with E-state index in [1.807, 2.05) is 33.0 Å². The molecule has 0 N–H and O–H groups in total. The average Bonchev–Trinajstić information content (AvgIpc) is 2.95. The molecule has 0 saturated heterocycles. The number of aryl methyl sites for hydroxylation is 2. The van der Waals surface area contributed by atoms with Crippen LogP contribution in [0.4, 0.5) is 11.9 Å². The van der Waals surface area contributed by atoms with Gasteiger partial charge in [-0.3, -0.25) is 0 Å². The lowest BCUT2D eigenvalue weighted by atomic mass is 10.0. The van der Waals surface area contributed by atoms with Crippen molar-refractivity contribution in [3.63, 3.8) is 0 Å². The van der Waals surface area contributed by atoms with Crippen LogP contribution in [-0.4, -0.2) is 42.1 Å². The lowest BCUT2D eigenvalue weighted by molar-refractivity contribution is 0.731. The van der Waals surface area contributed by atoms with Gasteiger partial charge in [0.05, 0.1) is 6.04 Å². The fourth-order valence-electron chi connectivity index (χ4n) is 3.00. The number of hydrogen-bond acceptors (Lipinski definition) is 5. The molecule has 1 heterocycles. The molecule has 2 aromatic rings. The first-order chi connectivity index (χ1) is 11.3. The van der Waals surface area contributed by atoms with E-state index in [2.05, 4.69) is 58.0 Å². The maximum absolute atomic E-state index is 4.59. The van der Waals surface area contributed by atoms with Crippen molar-refractivity contribution in [1.29, 1.82) is 0 Å². The maximum atomic E-state index is 4.59. The summed E-state index contributed by atoms with van der Waals surface area (Å²) in [6.45, 7) is 6.26.